The molecule has 0 aromatic heterocycles. The fraction of sp³-hybridized carbons (Fsp3) is 0.938. The van der Waals surface area contributed by atoms with E-state index in [9.17, 15) is 4.79 Å². The van der Waals surface area contributed by atoms with Crippen LogP contribution in [0.3, 0.4) is 0 Å². The van der Waals surface area contributed by atoms with Crippen molar-refractivity contribution in [3.8, 4) is 0 Å². The van der Waals surface area contributed by atoms with Crippen LogP contribution < -0.4 is 5.32 Å². The van der Waals surface area contributed by atoms with Gasteiger partial charge in [0.25, 0.3) is 0 Å². The van der Waals surface area contributed by atoms with E-state index in [-0.39, 0.29) is 5.97 Å². The number of carbonyl (C=O) groups is 1. The van der Waals surface area contributed by atoms with Crippen LogP contribution >= 0.6 is 0 Å². The number of rotatable bonds is 12. The van der Waals surface area contributed by atoms with Crippen molar-refractivity contribution < 1.29 is 14.3 Å². The van der Waals surface area contributed by atoms with Crippen molar-refractivity contribution in [2.24, 2.45) is 5.92 Å². The maximum Gasteiger partial charge on any atom is 0.326 e. The van der Waals surface area contributed by atoms with Crippen LogP contribution in [0.25, 0.3) is 0 Å². The molecule has 1 rings (SSSR count). The van der Waals surface area contributed by atoms with Crippen LogP contribution in [-0.2, 0) is 14.3 Å². The lowest BCUT2D eigenvalue weighted by Gasteiger charge is -2.28. The summed E-state index contributed by atoms with van der Waals surface area (Å²) in [5.41, 5.74) is -0.578. The van der Waals surface area contributed by atoms with Crippen LogP contribution in [0.5, 0.6) is 0 Å². The van der Waals surface area contributed by atoms with Crippen LogP contribution in [-0.4, -0.2) is 37.9 Å². The van der Waals surface area contributed by atoms with Gasteiger partial charge in [-0.05, 0) is 52.0 Å². The zero-order chi connectivity index (χ0) is 14.8. The molecular weight excluding hydrogens is 254 g/mol. The minimum absolute atomic E-state index is 0.147. The highest BCUT2D eigenvalue weighted by molar-refractivity contribution is 5.80. The van der Waals surface area contributed by atoms with Crippen LogP contribution in [0.4, 0.5) is 0 Å². The molecule has 1 aliphatic carbocycles. The van der Waals surface area contributed by atoms with E-state index in [1.54, 1.807) is 0 Å². The Labute approximate surface area is 123 Å². The number of hydrogen-bond donors (Lipinski definition) is 1. The highest BCUT2D eigenvalue weighted by Gasteiger charge is 2.33. The summed E-state index contributed by atoms with van der Waals surface area (Å²) in [5, 5.41) is 3.32. The van der Waals surface area contributed by atoms with Crippen molar-refractivity contribution in [3.05, 3.63) is 0 Å². The van der Waals surface area contributed by atoms with Gasteiger partial charge in [0.2, 0.25) is 0 Å². The normalized spacial score (nSPS) is 17.8. The number of ether oxygens (including phenoxy) is 2. The van der Waals surface area contributed by atoms with Gasteiger partial charge in [-0.1, -0.05) is 19.8 Å². The lowest BCUT2D eigenvalue weighted by Crippen LogP contribution is -2.50. The molecule has 1 fully saturated rings. The first-order valence-corrected chi connectivity index (χ1v) is 8.12. The molecule has 0 amide bonds. The van der Waals surface area contributed by atoms with E-state index < -0.39 is 5.54 Å². The minimum atomic E-state index is -0.578. The average molecular weight is 285 g/mol. The molecule has 4 heteroatoms. The van der Waals surface area contributed by atoms with E-state index in [1.807, 2.05) is 13.8 Å². The molecule has 1 N–H and O–H groups in total. The third-order valence-corrected chi connectivity index (χ3v) is 3.82. The van der Waals surface area contributed by atoms with E-state index >= 15 is 0 Å². The largest absolute Gasteiger partial charge is 0.465 e. The van der Waals surface area contributed by atoms with Crippen molar-refractivity contribution in [2.45, 2.75) is 64.8 Å². The summed E-state index contributed by atoms with van der Waals surface area (Å²) in [6, 6.07) is 0. The van der Waals surface area contributed by atoms with Crippen molar-refractivity contribution in [1.82, 2.24) is 5.32 Å². The highest BCUT2D eigenvalue weighted by Crippen LogP contribution is 2.32. The Morgan fingerprint density at radius 2 is 2.05 bits per heavy atom. The number of carbonyl (C=O) groups excluding carboxylic acids is 1. The van der Waals surface area contributed by atoms with Gasteiger partial charge in [0.05, 0.1) is 6.61 Å². The summed E-state index contributed by atoms with van der Waals surface area (Å²) in [5.74, 6) is 0.775. The van der Waals surface area contributed by atoms with Gasteiger partial charge in [-0.25, -0.2) is 0 Å². The summed E-state index contributed by atoms with van der Waals surface area (Å²) >= 11 is 0. The topological polar surface area (TPSA) is 47.6 Å². The Bertz CT molecular complexity index is 279. The smallest absolute Gasteiger partial charge is 0.326 e. The summed E-state index contributed by atoms with van der Waals surface area (Å²) < 4.78 is 10.8. The van der Waals surface area contributed by atoms with E-state index in [4.69, 9.17) is 9.47 Å². The lowest BCUT2D eigenvalue weighted by atomic mass is 9.95. The second kappa shape index (κ2) is 9.35. The molecule has 4 nitrogen and oxygen atoms in total. The second-order valence-corrected chi connectivity index (χ2v) is 5.93. The molecule has 0 saturated heterocycles. The third-order valence-electron chi connectivity index (χ3n) is 3.82. The van der Waals surface area contributed by atoms with Gasteiger partial charge in [-0.3, -0.25) is 4.79 Å². The van der Waals surface area contributed by atoms with Gasteiger partial charge in [0, 0.05) is 13.2 Å². The predicted molar refractivity (Wildman–Crippen MR) is 80.7 cm³/mol. The molecule has 0 aromatic carbocycles. The lowest BCUT2D eigenvalue weighted by molar-refractivity contribution is -0.151. The van der Waals surface area contributed by atoms with Crippen LogP contribution in [0.1, 0.15) is 59.3 Å². The Hall–Kier alpha value is -0.610. The van der Waals surface area contributed by atoms with E-state index in [0.29, 0.717) is 6.61 Å². The summed E-state index contributed by atoms with van der Waals surface area (Å²) in [6.07, 6.45) is 6.61. The van der Waals surface area contributed by atoms with Crippen LogP contribution in [0.15, 0.2) is 0 Å². The zero-order valence-electron chi connectivity index (χ0n) is 13.4. The maximum atomic E-state index is 12.1. The molecule has 0 spiro atoms. The standard InChI is InChI=1S/C16H31NO3/c1-4-11-17-16(3,15(18)20-5-2)10-6-12-19-13-9-14-7-8-14/h14,17H,4-13H2,1-3H3. The van der Waals surface area contributed by atoms with Crippen LogP contribution in [0, 0.1) is 5.92 Å². The highest BCUT2D eigenvalue weighted by atomic mass is 16.5. The fourth-order valence-electron chi connectivity index (χ4n) is 2.24. The molecule has 0 radical (unpaired) electrons. The predicted octanol–water partition coefficient (Wildman–Crippen LogP) is 2.90. The van der Waals surface area contributed by atoms with Crippen molar-refractivity contribution in [2.75, 3.05) is 26.4 Å². The van der Waals surface area contributed by atoms with Crippen LogP contribution in [0.2, 0.25) is 0 Å². The monoisotopic (exact) mass is 285 g/mol. The van der Waals surface area contributed by atoms with Gasteiger partial charge in [0.15, 0.2) is 0 Å². The fourth-order valence-corrected chi connectivity index (χ4v) is 2.24. The Kier molecular flexibility index (Phi) is 8.15. The SMILES string of the molecule is CCCNC(C)(CCCOCCC1CC1)C(=O)OCC. The summed E-state index contributed by atoms with van der Waals surface area (Å²) in [6.45, 7) is 8.74. The number of esters is 1. The van der Waals surface area contributed by atoms with Gasteiger partial charge >= 0.3 is 5.97 Å². The van der Waals surface area contributed by atoms with Gasteiger partial charge in [0.1, 0.15) is 5.54 Å². The molecule has 1 saturated carbocycles. The molecule has 0 aromatic rings. The van der Waals surface area contributed by atoms with Crippen molar-refractivity contribution >= 4 is 5.97 Å². The first-order chi connectivity index (χ1) is 9.62. The molecule has 1 aliphatic rings. The minimum Gasteiger partial charge on any atom is -0.465 e. The second-order valence-electron chi connectivity index (χ2n) is 5.93. The van der Waals surface area contributed by atoms with E-state index in [0.717, 1.165) is 44.9 Å². The molecule has 118 valence electrons. The molecule has 20 heavy (non-hydrogen) atoms. The number of hydrogen-bond acceptors (Lipinski definition) is 4. The molecule has 0 heterocycles. The first kappa shape index (κ1) is 17.4. The summed E-state index contributed by atoms with van der Waals surface area (Å²) in [4.78, 5) is 12.1. The number of nitrogens with one attached hydrogen (secondary N) is 1. The van der Waals surface area contributed by atoms with E-state index in [2.05, 4.69) is 12.2 Å². The molecule has 1 unspecified atom stereocenters. The maximum absolute atomic E-state index is 12.1. The third kappa shape index (κ3) is 6.71. The summed E-state index contributed by atoms with van der Waals surface area (Å²) in [7, 11) is 0. The molecule has 0 bridgehead atoms. The quantitative estimate of drug-likeness (QED) is 0.442. The Balaban J connectivity index is 2.21. The van der Waals surface area contributed by atoms with Crippen molar-refractivity contribution in [1.29, 1.82) is 0 Å². The Morgan fingerprint density at radius 1 is 1.30 bits per heavy atom. The van der Waals surface area contributed by atoms with Gasteiger partial charge in [-0.2, -0.15) is 0 Å². The van der Waals surface area contributed by atoms with Gasteiger partial charge in [-0.15, -0.1) is 0 Å². The Morgan fingerprint density at radius 3 is 2.65 bits per heavy atom. The van der Waals surface area contributed by atoms with Gasteiger partial charge < -0.3 is 14.8 Å². The van der Waals surface area contributed by atoms with Crippen molar-refractivity contribution in [3.63, 3.8) is 0 Å². The zero-order valence-corrected chi connectivity index (χ0v) is 13.4. The first-order valence-electron chi connectivity index (χ1n) is 8.12. The molecule has 0 aliphatic heterocycles. The molecular formula is C16H31NO3. The molecule has 1 atom stereocenters. The average Bonchev–Trinajstić information content (AvgIpc) is 3.25. The van der Waals surface area contributed by atoms with E-state index in [1.165, 1.54) is 19.3 Å².